The van der Waals surface area contributed by atoms with Crippen LogP contribution in [0.25, 0.3) is 0 Å². The molecular formula is C19H20F3N5O2. The quantitative estimate of drug-likeness (QED) is 0.845. The average Bonchev–Trinajstić information content (AvgIpc) is 2.73. The van der Waals surface area contributed by atoms with Crippen molar-refractivity contribution in [2.75, 3.05) is 49.1 Å². The molecule has 2 aliphatic rings. The lowest BCUT2D eigenvalue weighted by atomic mass is 10.1. The van der Waals surface area contributed by atoms with Crippen LogP contribution in [-0.4, -0.2) is 55.2 Å². The van der Waals surface area contributed by atoms with E-state index in [0.717, 1.165) is 6.07 Å². The number of benzene rings is 1. The van der Waals surface area contributed by atoms with Gasteiger partial charge in [0.05, 0.1) is 5.56 Å². The highest BCUT2D eigenvalue weighted by Crippen LogP contribution is 2.32. The zero-order valence-corrected chi connectivity index (χ0v) is 15.5. The summed E-state index contributed by atoms with van der Waals surface area (Å²) < 4.78 is 38.8. The summed E-state index contributed by atoms with van der Waals surface area (Å²) in [5.74, 6) is 0.959. The lowest BCUT2D eigenvalue weighted by molar-refractivity contribution is -0.137. The molecule has 10 heteroatoms. The predicted molar refractivity (Wildman–Crippen MR) is 101 cm³/mol. The first kappa shape index (κ1) is 19.3. The number of rotatable bonds is 4. The van der Waals surface area contributed by atoms with Gasteiger partial charge in [0.25, 0.3) is 0 Å². The van der Waals surface area contributed by atoms with Crippen LogP contribution >= 0.6 is 0 Å². The van der Waals surface area contributed by atoms with Gasteiger partial charge in [-0.05, 0) is 30.3 Å². The van der Waals surface area contributed by atoms with Gasteiger partial charge in [-0.15, -0.1) is 0 Å². The van der Waals surface area contributed by atoms with Crippen molar-refractivity contribution in [1.29, 1.82) is 0 Å². The van der Waals surface area contributed by atoms with Gasteiger partial charge in [-0.3, -0.25) is 9.80 Å². The number of nitrogens with one attached hydrogen (secondary N) is 1. The van der Waals surface area contributed by atoms with Crippen LogP contribution in [0.3, 0.4) is 0 Å². The highest BCUT2D eigenvalue weighted by Gasteiger charge is 2.31. The van der Waals surface area contributed by atoms with E-state index in [2.05, 4.69) is 15.4 Å². The molecule has 0 saturated carbocycles. The van der Waals surface area contributed by atoms with Crippen molar-refractivity contribution in [1.82, 2.24) is 15.4 Å². The van der Waals surface area contributed by atoms with E-state index in [1.807, 2.05) is 4.90 Å². The molecule has 3 heterocycles. The standard InChI is InChI=1S/C19H20F3N5O2/c20-19(21,22)14-3-1-4-15(13-14)26-10-7-25(8-11-26)9-12-27-17-16(5-2-6-23-17)29-24-18(27)28/h1-6,13H,7-12H2,(H,24,28). The molecule has 0 bridgehead atoms. The first-order chi connectivity index (χ1) is 13.9. The highest BCUT2D eigenvalue weighted by molar-refractivity contribution is 5.93. The van der Waals surface area contributed by atoms with Gasteiger partial charge in [-0.2, -0.15) is 18.7 Å². The maximum Gasteiger partial charge on any atom is 0.416 e. The maximum absolute atomic E-state index is 12.9. The first-order valence-electron chi connectivity index (χ1n) is 9.26. The fourth-order valence-electron chi connectivity index (χ4n) is 3.47. The van der Waals surface area contributed by atoms with Gasteiger partial charge < -0.3 is 9.74 Å². The Morgan fingerprint density at radius 1 is 1.07 bits per heavy atom. The third-order valence-electron chi connectivity index (χ3n) is 5.05. The van der Waals surface area contributed by atoms with E-state index < -0.39 is 11.7 Å². The van der Waals surface area contributed by atoms with Crippen molar-refractivity contribution in [3.63, 3.8) is 0 Å². The number of urea groups is 1. The van der Waals surface area contributed by atoms with E-state index in [1.165, 1.54) is 17.0 Å². The number of hydrogen-bond donors (Lipinski definition) is 1. The minimum Gasteiger partial charge on any atom is -0.374 e. The number of nitrogens with zero attached hydrogens (tertiary/aromatic N) is 4. The van der Waals surface area contributed by atoms with E-state index >= 15 is 0 Å². The largest absolute Gasteiger partial charge is 0.416 e. The molecule has 1 saturated heterocycles. The first-order valence-corrected chi connectivity index (χ1v) is 9.26. The SMILES string of the molecule is O=C1NOc2cccnc2N1CCN1CCN(c2cccc(C(F)(F)F)c2)CC1. The topological polar surface area (TPSA) is 60.9 Å². The molecule has 1 aromatic heterocycles. The number of amides is 2. The molecule has 4 rings (SSSR count). The van der Waals surface area contributed by atoms with Crippen LogP contribution in [0.1, 0.15) is 5.56 Å². The summed E-state index contributed by atoms with van der Waals surface area (Å²) in [6.45, 7) is 3.67. The molecule has 154 valence electrons. The predicted octanol–water partition coefficient (Wildman–Crippen LogP) is 2.75. The normalized spacial score (nSPS) is 17.6. The number of hydroxylamine groups is 1. The number of pyridine rings is 1. The van der Waals surface area contributed by atoms with Gasteiger partial charge in [0.1, 0.15) is 0 Å². The fraction of sp³-hybridized carbons (Fsp3) is 0.368. The fourth-order valence-corrected chi connectivity index (χ4v) is 3.47. The van der Waals surface area contributed by atoms with Crippen LogP contribution in [0, 0.1) is 0 Å². The van der Waals surface area contributed by atoms with E-state index in [4.69, 9.17) is 4.84 Å². The van der Waals surface area contributed by atoms with Crippen LogP contribution in [0.15, 0.2) is 42.6 Å². The number of hydrogen-bond acceptors (Lipinski definition) is 5. The number of aromatic nitrogens is 1. The second kappa shape index (κ2) is 7.78. The van der Waals surface area contributed by atoms with Crippen molar-refractivity contribution in [3.05, 3.63) is 48.2 Å². The third-order valence-corrected chi connectivity index (χ3v) is 5.05. The molecule has 2 aromatic rings. The minimum absolute atomic E-state index is 0.376. The number of halogens is 3. The van der Waals surface area contributed by atoms with Crippen molar-refractivity contribution < 1.29 is 22.8 Å². The summed E-state index contributed by atoms with van der Waals surface area (Å²) in [5.41, 5.74) is 2.29. The molecule has 0 atom stereocenters. The number of fused-ring (bicyclic) bond motifs is 1. The number of anilines is 2. The Labute approximate surface area is 165 Å². The lowest BCUT2D eigenvalue weighted by Crippen LogP contribution is -2.52. The van der Waals surface area contributed by atoms with Crippen molar-refractivity contribution in [3.8, 4) is 5.75 Å². The molecule has 2 aliphatic heterocycles. The van der Waals surface area contributed by atoms with Gasteiger partial charge >= 0.3 is 12.2 Å². The van der Waals surface area contributed by atoms with Gasteiger partial charge in [0.2, 0.25) is 0 Å². The monoisotopic (exact) mass is 407 g/mol. The van der Waals surface area contributed by atoms with Crippen molar-refractivity contribution in [2.24, 2.45) is 0 Å². The van der Waals surface area contributed by atoms with Crippen LogP contribution in [0.5, 0.6) is 5.75 Å². The summed E-state index contributed by atoms with van der Waals surface area (Å²) >= 11 is 0. The van der Waals surface area contributed by atoms with E-state index in [9.17, 15) is 18.0 Å². The molecule has 0 spiro atoms. The molecular weight excluding hydrogens is 387 g/mol. The Balaban J connectivity index is 1.34. The Morgan fingerprint density at radius 3 is 2.62 bits per heavy atom. The Hall–Kier alpha value is -3.01. The van der Waals surface area contributed by atoms with E-state index in [0.29, 0.717) is 56.5 Å². The molecule has 1 N–H and O–H groups in total. The van der Waals surface area contributed by atoms with E-state index in [1.54, 1.807) is 24.4 Å². The number of piperazine rings is 1. The molecule has 0 aliphatic carbocycles. The molecule has 29 heavy (non-hydrogen) atoms. The Bertz CT molecular complexity index is 884. The van der Waals surface area contributed by atoms with Crippen molar-refractivity contribution >= 4 is 17.5 Å². The smallest absolute Gasteiger partial charge is 0.374 e. The van der Waals surface area contributed by atoms with Crippen LogP contribution in [-0.2, 0) is 6.18 Å². The molecule has 1 fully saturated rings. The average molecular weight is 407 g/mol. The third kappa shape index (κ3) is 4.21. The molecule has 0 radical (unpaired) electrons. The molecule has 0 unspecified atom stereocenters. The number of carbonyl (C=O) groups excluding carboxylic acids is 1. The second-order valence-corrected chi connectivity index (χ2v) is 6.86. The number of carbonyl (C=O) groups is 1. The molecule has 7 nitrogen and oxygen atoms in total. The van der Waals surface area contributed by atoms with Gasteiger partial charge in [0.15, 0.2) is 11.6 Å². The summed E-state index contributed by atoms with van der Waals surface area (Å²) in [5, 5.41) is 0. The Morgan fingerprint density at radius 2 is 1.86 bits per heavy atom. The molecule has 1 aromatic carbocycles. The Kier molecular flexibility index (Phi) is 5.18. The van der Waals surface area contributed by atoms with E-state index in [-0.39, 0.29) is 6.03 Å². The zero-order chi connectivity index (χ0) is 20.4. The van der Waals surface area contributed by atoms with Crippen LogP contribution in [0.4, 0.5) is 29.5 Å². The lowest BCUT2D eigenvalue weighted by Gasteiger charge is -2.37. The minimum atomic E-state index is -4.35. The summed E-state index contributed by atoms with van der Waals surface area (Å²) in [6.07, 6.45) is -2.75. The summed E-state index contributed by atoms with van der Waals surface area (Å²) in [7, 11) is 0. The van der Waals surface area contributed by atoms with Crippen LogP contribution in [0.2, 0.25) is 0 Å². The van der Waals surface area contributed by atoms with Gasteiger partial charge in [0, 0.05) is 51.2 Å². The van der Waals surface area contributed by atoms with Gasteiger partial charge in [-0.1, -0.05) is 6.07 Å². The maximum atomic E-state index is 12.9. The molecule has 2 amide bonds. The summed E-state index contributed by atoms with van der Waals surface area (Å²) in [4.78, 5) is 27.1. The van der Waals surface area contributed by atoms with Crippen LogP contribution < -0.4 is 20.1 Å². The zero-order valence-electron chi connectivity index (χ0n) is 15.5. The van der Waals surface area contributed by atoms with Gasteiger partial charge in [-0.25, -0.2) is 9.78 Å². The summed E-state index contributed by atoms with van der Waals surface area (Å²) in [6, 6.07) is 8.48. The van der Waals surface area contributed by atoms with Crippen molar-refractivity contribution in [2.45, 2.75) is 6.18 Å². The second-order valence-electron chi connectivity index (χ2n) is 6.86. The highest BCUT2D eigenvalue weighted by atomic mass is 19.4. The number of alkyl halides is 3.